The molecule has 0 saturated carbocycles. The van der Waals surface area contributed by atoms with Gasteiger partial charge in [-0.15, -0.1) is 0 Å². The van der Waals surface area contributed by atoms with Crippen LogP contribution in [0, 0.1) is 0 Å². The second-order valence-corrected chi connectivity index (χ2v) is 7.42. The van der Waals surface area contributed by atoms with Gasteiger partial charge in [-0.2, -0.15) is 0 Å². The van der Waals surface area contributed by atoms with Crippen molar-refractivity contribution in [1.29, 1.82) is 0 Å². The molecule has 1 heterocycles. The molecule has 2 aromatic rings. The standard InChI is InChI=1S/C14H16Cl2N2O3S/c1-18(2)12(13-7-4-8-21-13)9-17-22(19,20)14-10(15)5-3-6-11(14)16/h3-8,12,17H,9H2,1-2H3. The Labute approximate surface area is 139 Å². The van der Waals surface area contributed by atoms with Gasteiger partial charge in [0.05, 0.1) is 22.4 Å². The molecule has 1 unspecified atom stereocenters. The molecule has 2 rings (SSSR count). The van der Waals surface area contributed by atoms with E-state index in [-0.39, 0.29) is 27.5 Å². The highest BCUT2D eigenvalue weighted by Crippen LogP contribution is 2.29. The molecule has 22 heavy (non-hydrogen) atoms. The van der Waals surface area contributed by atoms with Crippen LogP contribution in [0.2, 0.25) is 10.0 Å². The number of rotatable bonds is 6. The van der Waals surface area contributed by atoms with Crippen LogP contribution in [-0.4, -0.2) is 34.0 Å². The summed E-state index contributed by atoms with van der Waals surface area (Å²) in [5.41, 5.74) is 0. The van der Waals surface area contributed by atoms with Crippen LogP contribution in [0.3, 0.4) is 0 Å². The lowest BCUT2D eigenvalue weighted by atomic mass is 10.2. The van der Waals surface area contributed by atoms with Gasteiger partial charge in [0.25, 0.3) is 0 Å². The Kier molecular flexibility index (Phi) is 5.52. The van der Waals surface area contributed by atoms with E-state index in [0.29, 0.717) is 5.76 Å². The molecule has 1 aromatic carbocycles. The van der Waals surface area contributed by atoms with Crippen molar-refractivity contribution in [3.8, 4) is 0 Å². The van der Waals surface area contributed by atoms with E-state index in [0.717, 1.165) is 0 Å². The average Bonchev–Trinajstić information content (AvgIpc) is 2.91. The zero-order valence-corrected chi connectivity index (χ0v) is 14.4. The van der Waals surface area contributed by atoms with Gasteiger partial charge < -0.3 is 4.42 Å². The van der Waals surface area contributed by atoms with Gasteiger partial charge in [-0.05, 0) is 38.4 Å². The second-order valence-electron chi connectivity index (χ2n) is 4.90. The first kappa shape index (κ1) is 17.3. The first-order chi connectivity index (χ1) is 10.3. The molecule has 5 nitrogen and oxygen atoms in total. The Bertz CT molecular complexity index is 710. The van der Waals surface area contributed by atoms with Gasteiger partial charge in [-0.1, -0.05) is 29.3 Å². The van der Waals surface area contributed by atoms with Crippen LogP contribution in [0.4, 0.5) is 0 Å². The maximum Gasteiger partial charge on any atom is 0.243 e. The van der Waals surface area contributed by atoms with Crippen LogP contribution < -0.4 is 4.72 Å². The van der Waals surface area contributed by atoms with Crippen molar-refractivity contribution in [2.45, 2.75) is 10.9 Å². The first-order valence-electron chi connectivity index (χ1n) is 6.46. The number of furan rings is 1. The van der Waals surface area contributed by atoms with Crippen molar-refractivity contribution < 1.29 is 12.8 Å². The molecule has 0 radical (unpaired) electrons. The SMILES string of the molecule is CN(C)C(CNS(=O)(=O)c1c(Cl)cccc1Cl)c1ccco1. The molecule has 1 N–H and O–H groups in total. The summed E-state index contributed by atoms with van der Waals surface area (Å²) in [6.07, 6.45) is 1.55. The third-order valence-electron chi connectivity index (χ3n) is 3.15. The van der Waals surface area contributed by atoms with Crippen molar-refractivity contribution >= 4 is 33.2 Å². The molecule has 0 aliphatic carbocycles. The van der Waals surface area contributed by atoms with E-state index in [2.05, 4.69) is 4.72 Å². The van der Waals surface area contributed by atoms with Gasteiger partial charge in [0.1, 0.15) is 10.7 Å². The summed E-state index contributed by atoms with van der Waals surface area (Å²) in [7, 11) is -0.149. The topological polar surface area (TPSA) is 62.6 Å². The molecule has 1 atom stereocenters. The molecule has 0 saturated heterocycles. The Balaban J connectivity index is 2.22. The van der Waals surface area contributed by atoms with Crippen molar-refractivity contribution in [3.05, 3.63) is 52.4 Å². The highest BCUT2D eigenvalue weighted by Gasteiger charge is 2.24. The normalized spacial score (nSPS) is 13.5. The van der Waals surface area contributed by atoms with E-state index < -0.39 is 10.0 Å². The third-order valence-corrected chi connectivity index (χ3v) is 5.53. The van der Waals surface area contributed by atoms with Crippen LogP contribution in [0.15, 0.2) is 45.9 Å². The fraction of sp³-hybridized carbons (Fsp3) is 0.286. The maximum atomic E-state index is 12.4. The van der Waals surface area contributed by atoms with Crippen LogP contribution in [0.5, 0.6) is 0 Å². The molecule has 0 aliphatic rings. The van der Waals surface area contributed by atoms with Crippen LogP contribution in [-0.2, 0) is 10.0 Å². The van der Waals surface area contributed by atoms with E-state index >= 15 is 0 Å². The van der Waals surface area contributed by atoms with Crippen molar-refractivity contribution in [2.75, 3.05) is 20.6 Å². The Morgan fingerprint density at radius 3 is 2.32 bits per heavy atom. The lowest BCUT2D eigenvalue weighted by Crippen LogP contribution is -2.34. The summed E-state index contributed by atoms with van der Waals surface area (Å²) >= 11 is 11.9. The van der Waals surface area contributed by atoms with E-state index in [9.17, 15) is 8.42 Å². The lowest BCUT2D eigenvalue weighted by molar-refractivity contribution is 0.259. The molecular weight excluding hydrogens is 347 g/mol. The lowest BCUT2D eigenvalue weighted by Gasteiger charge is -2.22. The number of nitrogens with one attached hydrogen (secondary N) is 1. The zero-order valence-electron chi connectivity index (χ0n) is 12.1. The molecule has 120 valence electrons. The predicted molar refractivity (Wildman–Crippen MR) is 86.8 cm³/mol. The maximum absolute atomic E-state index is 12.4. The number of benzene rings is 1. The Morgan fingerprint density at radius 1 is 1.18 bits per heavy atom. The molecule has 8 heteroatoms. The summed E-state index contributed by atoms with van der Waals surface area (Å²) in [4.78, 5) is 1.74. The molecule has 0 bridgehead atoms. The van der Waals surface area contributed by atoms with Gasteiger partial charge in [0, 0.05) is 6.54 Å². The Hall–Kier alpha value is -1.05. The molecular formula is C14H16Cl2N2O3S. The minimum Gasteiger partial charge on any atom is -0.468 e. The quantitative estimate of drug-likeness (QED) is 0.856. The number of sulfonamides is 1. The third kappa shape index (κ3) is 3.83. The fourth-order valence-electron chi connectivity index (χ4n) is 2.02. The predicted octanol–water partition coefficient (Wildman–Crippen LogP) is 3.17. The van der Waals surface area contributed by atoms with Gasteiger partial charge in [-0.3, -0.25) is 4.90 Å². The summed E-state index contributed by atoms with van der Waals surface area (Å²) in [5.74, 6) is 0.665. The molecule has 0 fully saturated rings. The number of likely N-dealkylation sites (N-methyl/N-ethyl adjacent to an activating group) is 1. The van der Waals surface area contributed by atoms with Gasteiger partial charge in [0.2, 0.25) is 10.0 Å². The van der Waals surface area contributed by atoms with E-state index in [4.69, 9.17) is 27.6 Å². The van der Waals surface area contributed by atoms with Crippen molar-refractivity contribution in [1.82, 2.24) is 9.62 Å². The molecule has 0 aliphatic heterocycles. The number of hydrogen-bond donors (Lipinski definition) is 1. The van der Waals surface area contributed by atoms with Gasteiger partial charge in [-0.25, -0.2) is 13.1 Å². The van der Waals surface area contributed by atoms with Crippen LogP contribution >= 0.6 is 23.2 Å². The first-order valence-corrected chi connectivity index (χ1v) is 8.70. The number of nitrogens with zero attached hydrogens (tertiary/aromatic N) is 1. The smallest absolute Gasteiger partial charge is 0.243 e. The van der Waals surface area contributed by atoms with Gasteiger partial charge >= 0.3 is 0 Å². The zero-order chi connectivity index (χ0) is 16.3. The largest absolute Gasteiger partial charge is 0.468 e. The summed E-state index contributed by atoms with van der Waals surface area (Å²) in [6, 6.07) is 7.86. The average molecular weight is 363 g/mol. The summed E-state index contributed by atoms with van der Waals surface area (Å²) in [6.45, 7) is 0.129. The minimum atomic E-state index is -3.82. The van der Waals surface area contributed by atoms with Crippen LogP contribution in [0.25, 0.3) is 0 Å². The van der Waals surface area contributed by atoms with E-state index in [1.165, 1.54) is 12.1 Å². The van der Waals surface area contributed by atoms with Crippen molar-refractivity contribution in [2.24, 2.45) is 0 Å². The molecule has 1 aromatic heterocycles. The summed E-state index contributed by atoms with van der Waals surface area (Å²) < 4.78 is 32.8. The second kappa shape index (κ2) is 7.02. The number of hydrogen-bond acceptors (Lipinski definition) is 4. The van der Waals surface area contributed by atoms with Gasteiger partial charge in [0.15, 0.2) is 0 Å². The summed E-state index contributed by atoms with van der Waals surface area (Å²) in [5, 5.41) is 0.166. The molecule has 0 spiro atoms. The molecule has 0 amide bonds. The van der Waals surface area contributed by atoms with Crippen LogP contribution in [0.1, 0.15) is 11.8 Å². The van der Waals surface area contributed by atoms with E-state index in [1.54, 1.807) is 24.5 Å². The minimum absolute atomic E-state index is 0.0828. The van der Waals surface area contributed by atoms with Crippen molar-refractivity contribution in [3.63, 3.8) is 0 Å². The highest BCUT2D eigenvalue weighted by atomic mass is 35.5. The van der Waals surface area contributed by atoms with E-state index in [1.807, 2.05) is 19.0 Å². The number of halogens is 2. The fourth-order valence-corrected chi connectivity index (χ4v) is 4.20. The highest BCUT2D eigenvalue weighted by molar-refractivity contribution is 7.89. The monoisotopic (exact) mass is 362 g/mol. The Morgan fingerprint density at radius 2 is 1.82 bits per heavy atom.